The van der Waals surface area contributed by atoms with Gasteiger partial charge in [0.25, 0.3) is 0 Å². The number of benzene rings is 1. The van der Waals surface area contributed by atoms with Crippen LogP contribution in [0.4, 0.5) is 0 Å². The molecule has 0 radical (unpaired) electrons. The second kappa shape index (κ2) is 9.81. The second-order valence-electron chi connectivity index (χ2n) is 8.47. The highest BCUT2D eigenvalue weighted by atomic mass is 16.5. The number of nitrogens with one attached hydrogen (secondary N) is 2. The fourth-order valence-corrected chi connectivity index (χ4v) is 4.80. The van der Waals surface area contributed by atoms with Gasteiger partial charge in [-0.05, 0) is 51.0 Å². The lowest BCUT2D eigenvalue weighted by molar-refractivity contribution is -0.0320. The predicted octanol–water partition coefficient (Wildman–Crippen LogP) is 3.57. The van der Waals surface area contributed by atoms with Crippen molar-refractivity contribution in [3.63, 3.8) is 0 Å². The van der Waals surface area contributed by atoms with E-state index in [2.05, 4.69) is 39.9 Å². The Bertz CT molecular complexity index is 682. The number of fused-ring (bicyclic) bond motifs is 1. The van der Waals surface area contributed by atoms with Crippen molar-refractivity contribution in [2.75, 3.05) is 33.4 Å². The Morgan fingerprint density at radius 3 is 2.79 bits per heavy atom. The highest BCUT2D eigenvalue weighted by molar-refractivity contribution is 5.80. The fourth-order valence-electron chi connectivity index (χ4n) is 4.80. The maximum atomic E-state index is 6.47. The first kappa shape index (κ1) is 20.5. The number of ether oxygens (including phenoxy) is 3. The van der Waals surface area contributed by atoms with E-state index in [9.17, 15) is 0 Å². The van der Waals surface area contributed by atoms with E-state index in [0.29, 0.717) is 6.10 Å². The van der Waals surface area contributed by atoms with Crippen LogP contribution in [0.3, 0.4) is 0 Å². The lowest BCUT2D eigenvalue weighted by atomic mass is 9.86. The lowest BCUT2D eigenvalue weighted by Gasteiger charge is -2.40. The summed E-state index contributed by atoms with van der Waals surface area (Å²) in [5.74, 6) is 1.88. The van der Waals surface area contributed by atoms with Gasteiger partial charge in [0.2, 0.25) is 0 Å². The minimum Gasteiger partial charge on any atom is -0.487 e. The van der Waals surface area contributed by atoms with Crippen LogP contribution in [0.15, 0.2) is 29.3 Å². The molecule has 3 aliphatic rings. The van der Waals surface area contributed by atoms with Crippen molar-refractivity contribution in [2.24, 2.45) is 4.99 Å². The first-order chi connectivity index (χ1) is 14.3. The number of rotatable bonds is 6. The van der Waals surface area contributed by atoms with Crippen LogP contribution in [0.25, 0.3) is 0 Å². The summed E-state index contributed by atoms with van der Waals surface area (Å²) in [6.07, 6.45) is 9.17. The molecule has 1 aromatic rings. The number of nitrogens with zero attached hydrogens (tertiary/aromatic N) is 1. The molecule has 2 fully saturated rings. The average molecular weight is 402 g/mol. The van der Waals surface area contributed by atoms with Crippen molar-refractivity contribution in [1.29, 1.82) is 0 Å². The van der Waals surface area contributed by atoms with E-state index in [1.807, 2.05) is 7.05 Å². The number of aliphatic imine (C=N–C) groups is 1. The van der Waals surface area contributed by atoms with Crippen LogP contribution in [0.5, 0.6) is 5.75 Å². The first-order valence-corrected chi connectivity index (χ1v) is 11.2. The minimum absolute atomic E-state index is 0.0115. The van der Waals surface area contributed by atoms with Crippen LogP contribution in [-0.4, -0.2) is 51.1 Å². The fraction of sp³-hybridized carbons (Fsp3) is 0.696. The van der Waals surface area contributed by atoms with Crippen LogP contribution in [0.1, 0.15) is 63.0 Å². The third-order valence-electron chi connectivity index (χ3n) is 6.38. The molecule has 1 saturated carbocycles. The highest BCUT2D eigenvalue weighted by Crippen LogP contribution is 2.46. The van der Waals surface area contributed by atoms with Crippen molar-refractivity contribution >= 4 is 5.96 Å². The molecule has 29 heavy (non-hydrogen) atoms. The van der Waals surface area contributed by atoms with E-state index < -0.39 is 0 Å². The Morgan fingerprint density at radius 2 is 2.00 bits per heavy atom. The van der Waals surface area contributed by atoms with Crippen LogP contribution in [0.2, 0.25) is 0 Å². The van der Waals surface area contributed by atoms with E-state index >= 15 is 0 Å². The smallest absolute Gasteiger partial charge is 0.191 e. The molecule has 1 unspecified atom stereocenters. The molecule has 2 N–H and O–H groups in total. The first-order valence-electron chi connectivity index (χ1n) is 11.2. The van der Waals surface area contributed by atoms with E-state index in [-0.39, 0.29) is 11.6 Å². The van der Waals surface area contributed by atoms with Gasteiger partial charge in [-0.2, -0.15) is 0 Å². The SMILES string of the molecule is CN=C(NCCCOC1CCOCC1)NC1CC2(CCCC2)Oc2ccccc21. The number of para-hydroxylation sites is 1. The Kier molecular flexibility index (Phi) is 6.93. The molecule has 160 valence electrons. The standard InChI is InChI=1S/C23H35N3O3/c1-24-22(25-13-6-14-28-18-9-15-27-16-10-18)26-20-17-23(11-4-5-12-23)29-21-8-3-2-7-19(20)21/h2-3,7-8,18,20H,4-6,9-17H2,1H3,(H2,24,25,26). The van der Waals surface area contributed by atoms with Crippen molar-refractivity contribution in [3.05, 3.63) is 29.8 Å². The molecule has 1 spiro atoms. The van der Waals surface area contributed by atoms with Gasteiger partial charge in [0, 0.05) is 45.4 Å². The second-order valence-corrected chi connectivity index (χ2v) is 8.47. The van der Waals surface area contributed by atoms with Crippen LogP contribution >= 0.6 is 0 Å². The summed E-state index contributed by atoms with van der Waals surface area (Å²) in [6.45, 7) is 3.28. The van der Waals surface area contributed by atoms with Gasteiger partial charge < -0.3 is 24.8 Å². The molecule has 0 bridgehead atoms. The summed E-state index contributed by atoms with van der Waals surface area (Å²) < 4.78 is 17.8. The molecule has 1 atom stereocenters. The van der Waals surface area contributed by atoms with E-state index in [1.54, 1.807) is 0 Å². The monoisotopic (exact) mass is 401 g/mol. The number of hydrogen-bond acceptors (Lipinski definition) is 4. The Labute approximate surface area is 174 Å². The van der Waals surface area contributed by atoms with Crippen LogP contribution < -0.4 is 15.4 Å². The Balaban J connectivity index is 1.28. The quantitative estimate of drug-likeness (QED) is 0.433. The summed E-state index contributed by atoms with van der Waals surface area (Å²) in [4.78, 5) is 4.45. The molecule has 6 nitrogen and oxygen atoms in total. The maximum Gasteiger partial charge on any atom is 0.191 e. The van der Waals surface area contributed by atoms with Crippen molar-refractivity contribution in [1.82, 2.24) is 10.6 Å². The largest absolute Gasteiger partial charge is 0.487 e. The summed E-state index contributed by atoms with van der Waals surface area (Å²) in [5.41, 5.74) is 1.22. The third-order valence-corrected chi connectivity index (χ3v) is 6.38. The molecule has 0 aromatic heterocycles. The zero-order valence-electron chi connectivity index (χ0n) is 17.6. The van der Waals surface area contributed by atoms with Crippen molar-refractivity contribution in [2.45, 2.75) is 69.1 Å². The molecule has 2 heterocycles. The zero-order valence-corrected chi connectivity index (χ0v) is 17.6. The molecule has 2 aliphatic heterocycles. The summed E-state index contributed by atoms with van der Waals surface area (Å²) in [6, 6.07) is 8.65. The van der Waals surface area contributed by atoms with E-state index in [1.165, 1.54) is 18.4 Å². The van der Waals surface area contributed by atoms with Gasteiger partial charge in [0.1, 0.15) is 11.4 Å². The number of guanidine groups is 1. The maximum absolute atomic E-state index is 6.47. The Morgan fingerprint density at radius 1 is 1.21 bits per heavy atom. The van der Waals surface area contributed by atoms with Gasteiger partial charge in [-0.1, -0.05) is 18.2 Å². The molecule has 1 aliphatic carbocycles. The van der Waals surface area contributed by atoms with Crippen molar-refractivity contribution < 1.29 is 14.2 Å². The average Bonchev–Trinajstić information content (AvgIpc) is 3.20. The van der Waals surface area contributed by atoms with Gasteiger partial charge >= 0.3 is 0 Å². The summed E-state index contributed by atoms with van der Waals surface area (Å²) in [5, 5.41) is 7.11. The lowest BCUT2D eigenvalue weighted by Crippen LogP contribution is -2.46. The molecular weight excluding hydrogens is 366 g/mol. The third kappa shape index (κ3) is 5.23. The summed E-state index contributed by atoms with van der Waals surface area (Å²) >= 11 is 0. The molecule has 6 heteroatoms. The summed E-state index contributed by atoms with van der Waals surface area (Å²) in [7, 11) is 1.84. The molecule has 1 saturated heterocycles. The highest BCUT2D eigenvalue weighted by Gasteiger charge is 2.43. The van der Waals surface area contributed by atoms with Crippen LogP contribution in [-0.2, 0) is 9.47 Å². The van der Waals surface area contributed by atoms with Gasteiger partial charge in [-0.3, -0.25) is 4.99 Å². The van der Waals surface area contributed by atoms with Crippen LogP contribution in [0, 0.1) is 0 Å². The molecule has 4 rings (SSSR count). The van der Waals surface area contributed by atoms with Gasteiger partial charge in [-0.25, -0.2) is 0 Å². The topological polar surface area (TPSA) is 64.1 Å². The van der Waals surface area contributed by atoms with E-state index in [4.69, 9.17) is 14.2 Å². The molecular formula is C23H35N3O3. The predicted molar refractivity (Wildman–Crippen MR) is 115 cm³/mol. The zero-order chi connectivity index (χ0) is 19.9. The minimum atomic E-state index is -0.0115. The van der Waals surface area contributed by atoms with E-state index in [0.717, 1.165) is 76.6 Å². The molecule has 1 aromatic carbocycles. The van der Waals surface area contributed by atoms with Crippen molar-refractivity contribution in [3.8, 4) is 5.75 Å². The normalized spacial score (nSPS) is 24.2. The molecule has 0 amide bonds. The van der Waals surface area contributed by atoms with Gasteiger partial charge in [-0.15, -0.1) is 0 Å². The van der Waals surface area contributed by atoms with Gasteiger partial charge in [0.05, 0.1) is 12.1 Å². The number of hydrogen-bond donors (Lipinski definition) is 2. The Hall–Kier alpha value is -1.79. The van der Waals surface area contributed by atoms with Gasteiger partial charge in [0.15, 0.2) is 5.96 Å².